The third kappa shape index (κ3) is 5.67. The van der Waals surface area contributed by atoms with Crippen LogP contribution in [0.15, 0.2) is 64.3 Å². The lowest BCUT2D eigenvalue weighted by molar-refractivity contribution is -0.117. The topological polar surface area (TPSA) is 111 Å². The van der Waals surface area contributed by atoms with Crippen LogP contribution in [-0.2, 0) is 32.5 Å². The highest BCUT2D eigenvalue weighted by molar-refractivity contribution is 7.89. The number of amides is 1. The van der Waals surface area contributed by atoms with Gasteiger partial charge in [0.15, 0.2) is 0 Å². The zero-order chi connectivity index (χ0) is 25.0. The molecule has 10 heteroatoms. The SMILES string of the molecule is CCc1cccc(NC(=O)Cn2nc(-c3ccc(C)c(S(=O)(=O)N4CCOCC4)c3)ccc2=O)c1. The minimum absolute atomic E-state index is 0.185. The Morgan fingerprint density at radius 3 is 2.60 bits per heavy atom. The number of aromatic nitrogens is 2. The standard InChI is InChI=1S/C25H28N4O5S/c1-3-19-5-4-6-21(15-19)26-24(30)17-29-25(31)10-9-22(27-29)20-8-7-18(2)23(16-20)35(32,33)28-11-13-34-14-12-28/h4-10,15-16H,3,11-14,17H2,1-2H3,(H,26,30). The van der Waals surface area contributed by atoms with Gasteiger partial charge in [0, 0.05) is 30.4 Å². The van der Waals surface area contributed by atoms with Gasteiger partial charge in [0.2, 0.25) is 15.9 Å². The molecule has 1 saturated heterocycles. The maximum absolute atomic E-state index is 13.2. The fraction of sp³-hybridized carbons (Fsp3) is 0.320. The van der Waals surface area contributed by atoms with Crippen LogP contribution in [0.2, 0.25) is 0 Å². The van der Waals surface area contributed by atoms with Gasteiger partial charge in [-0.3, -0.25) is 9.59 Å². The van der Waals surface area contributed by atoms with Crippen LogP contribution in [0.3, 0.4) is 0 Å². The van der Waals surface area contributed by atoms with Gasteiger partial charge in [-0.05, 0) is 48.7 Å². The molecule has 1 fully saturated rings. The van der Waals surface area contributed by atoms with Crippen molar-refractivity contribution in [2.75, 3.05) is 31.6 Å². The minimum Gasteiger partial charge on any atom is -0.379 e. The van der Waals surface area contributed by atoms with E-state index >= 15 is 0 Å². The Kier molecular flexibility index (Phi) is 7.44. The summed E-state index contributed by atoms with van der Waals surface area (Å²) in [6.45, 7) is 4.80. The highest BCUT2D eigenvalue weighted by Crippen LogP contribution is 2.26. The van der Waals surface area contributed by atoms with E-state index in [1.807, 2.05) is 25.1 Å². The van der Waals surface area contributed by atoms with Crippen molar-refractivity contribution in [1.29, 1.82) is 0 Å². The molecule has 35 heavy (non-hydrogen) atoms. The monoisotopic (exact) mass is 496 g/mol. The van der Waals surface area contributed by atoms with Gasteiger partial charge in [0.05, 0.1) is 23.8 Å². The average Bonchev–Trinajstić information content (AvgIpc) is 2.86. The fourth-order valence-electron chi connectivity index (χ4n) is 3.89. The van der Waals surface area contributed by atoms with E-state index < -0.39 is 15.6 Å². The summed E-state index contributed by atoms with van der Waals surface area (Å²) in [6, 6.07) is 15.4. The van der Waals surface area contributed by atoms with Crippen LogP contribution < -0.4 is 10.9 Å². The number of anilines is 1. The summed E-state index contributed by atoms with van der Waals surface area (Å²) in [7, 11) is -3.71. The number of carbonyl (C=O) groups is 1. The zero-order valence-corrected chi connectivity index (χ0v) is 20.5. The first kappa shape index (κ1) is 24.8. The van der Waals surface area contributed by atoms with E-state index in [1.54, 1.807) is 31.2 Å². The van der Waals surface area contributed by atoms with E-state index in [-0.39, 0.29) is 17.3 Å². The number of rotatable bonds is 7. The molecule has 0 spiro atoms. The molecule has 1 N–H and O–H groups in total. The quantitative estimate of drug-likeness (QED) is 0.538. The molecule has 0 aliphatic carbocycles. The van der Waals surface area contributed by atoms with Crippen LogP contribution >= 0.6 is 0 Å². The molecule has 1 aliphatic rings. The van der Waals surface area contributed by atoms with E-state index in [9.17, 15) is 18.0 Å². The van der Waals surface area contributed by atoms with Crippen LogP contribution in [0.25, 0.3) is 11.3 Å². The van der Waals surface area contributed by atoms with Gasteiger partial charge < -0.3 is 10.1 Å². The molecule has 0 bridgehead atoms. The number of hydrogen-bond donors (Lipinski definition) is 1. The predicted molar refractivity (Wildman–Crippen MR) is 133 cm³/mol. The van der Waals surface area contributed by atoms with Crippen LogP contribution in [0.5, 0.6) is 0 Å². The zero-order valence-electron chi connectivity index (χ0n) is 19.7. The number of aryl methyl sites for hydroxylation is 2. The summed E-state index contributed by atoms with van der Waals surface area (Å²) in [5, 5.41) is 7.13. The maximum Gasteiger partial charge on any atom is 0.267 e. The number of sulfonamides is 1. The fourth-order valence-corrected chi connectivity index (χ4v) is 5.54. The molecular formula is C25H28N4O5S. The third-order valence-corrected chi connectivity index (χ3v) is 7.89. The van der Waals surface area contributed by atoms with E-state index in [4.69, 9.17) is 4.74 Å². The first-order chi connectivity index (χ1) is 16.8. The molecule has 0 unspecified atom stereocenters. The number of benzene rings is 2. The Bertz CT molecular complexity index is 1390. The smallest absolute Gasteiger partial charge is 0.267 e. The second-order valence-corrected chi connectivity index (χ2v) is 10.2. The first-order valence-electron chi connectivity index (χ1n) is 11.4. The molecule has 2 heterocycles. The van der Waals surface area contributed by atoms with E-state index in [0.717, 1.165) is 16.7 Å². The average molecular weight is 497 g/mol. The lowest BCUT2D eigenvalue weighted by Gasteiger charge is -2.26. The van der Waals surface area contributed by atoms with Crippen molar-refractivity contribution in [2.24, 2.45) is 0 Å². The number of nitrogens with one attached hydrogen (secondary N) is 1. The van der Waals surface area contributed by atoms with Crippen LogP contribution in [0.4, 0.5) is 5.69 Å². The Hall–Kier alpha value is -3.34. The van der Waals surface area contributed by atoms with Crippen molar-refractivity contribution in [3.8, 4) is 11.3 Å². The summed E-state index contributed by atoms with van der Waals surface area (Å²) in [4.78, 5) is 25.2. The molecule has 1 aromatic heterocycles. The number of nitrogens with zero attached hydrogens (tertiary/aromatic N) is 3. The van der Waals surface area contributed by atoms with E-state index in [2.05, 4.69) is 10.4 Å². The number of morpholine rings is 1. The molecule has 2 aromatic carbocycles. The van der Waals surface area contributed by atoms with Crippen molar-refractivity contribution in [3.05, 3.63) is 76.1 Å². The van der Waals surface area contributed by atoms with Gasteiger partial charge in [0.25, 0.3) is 5.56 Å². The molecule has 1 aliphatic heterocycles. The normalized spacial score (nSPS) is 14.6. The molecule has 0 saturated carbocycles. The number of ether oxygens (including phenoxy) is 1. The second kappa shape index (κ2) is 10.5. The Balaban J connectivity index is 1.59. The van der Waals surface area contributed by atoms with E-state index in [1.165, 1.54) is 16.4 Å². The lowest BCUT2D eigenvalue weighted by Crippen LogP contribution is -2.40. The van der Waals surface area contributed by atoms with Gasteiger partial charge >= 0.3 is 0 Å². The minimum atomic E-state index is -3.71. The molecule has 1 amide bonds. The number of hydrogen-bond acceptors (Lipinski definition) is 6. The van der Waals surface area contributed by atoms with Crippen molar-refractivity contribution < 1.29 is 17.9 Å². The van der Waals surface area contributed by atoms with Crippen LogP contribution in [0.1, 0.15) is 18.1 Å². The van der Waals surface area contributed by atoms with Crippen molar-refractivity contribution in [1.82, 2.24) is 14.1 Å². The summed E-state index contributed by atoms with van der Waals surface area (Å²) >= 11 is 0. The van der Waals surface area contributed by atoms with E-state index in [0.29, 0.717) is 48.8 Å². The van der Waals surface area contributed by atoms with Gasteiger partial charge in [-0.25, -0.2) is 13.1 Å². The van der Waals surface area contributed by atoms with Crippen LogP contribution in [-0.4, -0.2) is 54.7 Å². The second-order valence-electron chi connectivity index (χ2n) is 8.31. The van der Waals surface area contributed by atoms with Crippen LogP contribution in [0, 0.1) is 6.92 Å². The first-order valence-corrected chi connectivity index (χ1v) is 12.9. The van der Waals surface area contributed by atoms with Gasteiger partial charge in [-0.1, -0.05) is 31.2 Å². The summed E-state index contributed by atoms with van der Waals surface area (Å²) in [5.41, 5.74) is 2.84. The Labute approximate surface area is 204 Å². The van der Waals surface area contributed by atoms with Crippen molar-refractivity contribution in [2.45, 2.75) is 31.7 Å². The highest BCUT2D eigenvalue weighted by atomic mass is 32.2. The summed E-state index contributed by atoms with van der Waals surface area (Å²) in [6.07, 6.45) is 0.840. The van der Waals surface area contributed by atoms with Gasteiger partial charge in [-0.2, -0.15) is 9.40 Å². The summed E-state index contributed by atoms with van der Waals surface area (Å²) in [5.74, 6) is -0.385. The molecule has 9 nitrogen and oxygen atoms in total. The molecule has 4 rings (SSSR count). The van der Waals surface area contributed by atoms with Gasteiger partial charge in [0.1, 0.15) is 6.54 Å². The highest BCUT2D eigenvalue weighted by Gasteiger charge is 2.28. The maximum atomic E-state index is 13.2. The predicted octanol–water partition coefficient (Wildman–Crippen LogP) is 2.44. The Morgan fingerprint density at radius 2 is 1.86 bits per heavy atom. The molecule has 0 radical (unpaired) electrons. The molecule has 184 valence electrons. The lowest BCUT2D eigenvalue weighted by atomic mass is 10.1. The molecule has 0 atom stereocenters. The van der Waals surface area contributed by atoms with Gasteiger partial charge in [-0.15, -0.1) is 0 Å². The van der Waals surface area contributed by atoms with Crippen molar-refractivity contribution >= 4 is 21.6 Å². The van der Waals surface area contributed by atoms with Crippen molar-refractivity contribution in [3.63, 3.8) is 0 Å². The molecular weight excluding hydrogens is 468 g/mol. The third-order valence-electron chi connectivity index (χ3n) is 5.85. The number of carbonyl (C=O) groups excluding carboxylic acids is 1. The summed E-state index contributed by atoms with van der Waals surface area (Å²) < 4.78 is 34.2. The Morgan fingerprint density at radius 1 is 1.09 bits per heavy atom. The largest absolute Gasteiger partial charge is 0.379 e. The molecule has 3 aromatic rings.